The first-order chi connectivity index (χ1) is 8.75. The Morgan fingerprint density at radius 2 is 2.00 bits per heavy atom. The summed E-state index contributed by atoms with van der Waals surface area (Å²) in [5.74, 6) is 0. The Labute approximate surface area is 104 Å². The minimum absolute atomic E-state index is 0.0554. The lowest BCUT2D eigenvalue weighted by atomic mass is 10.2. The third-order valence-electron chi connectivity index (χ3n) is 3.30. The maximum absolute atomic E-state index is 12.1. The molecule has 4 heteroatoms. The highest BCUT2D eigenvalue weighted by molar-refractivity contribution is 5.77. The highest BCUT2D eigenvalue weighted by atomic mass is 16.1. The molecule has 0 aliphatic heterocycles. The molecule has 0 unspecified atom stereocenters. The number of hydrogen-bond acceptors (Lipinski definition) is 1. The van der Waals surface area contributed by atoms with Crippen LogP contribution >= 0.6 is 0 Å². The summed E-state index contributed by atoms with van der Waals surface area (Å²) >= 11 is 0. The van der Waals surface area contributed by atoms with Crippen molar-refractivity contribution >= 4 is 10.9 Å². The molecule has 92 valence electrons. The van der Waals surface area contributed by atoms with Crippen molar-refractivity contribution in [2.75, 3.05) is 0 Å². The normalized spacial score (nSPS) is 11.2. The van der Waals surface area contributed by atoms with E-state index in [0.29, 0.717) is 6.54 Å². The lowest BCUT2D eigenvalue weighted by Crippen LogP contribution is -2.18. The molecular formula is C14H15N3O. The number of hydrogen-bond donors (Lipinski definition) is 1. The molecule has 2 aromatic heterocycles. The second kappa shape index (κ2) is 4.22. The lowest BCUT2D eigenvalue weighted by molar-refractivity contribution is 0.587. The van der Waals surface area contributed by atoms with Crippen LogP contribution in [0, 0.1) is 0 Å². The fourth-order valence-corrected chi connectivity index (χ4v) is 2.25. The number of aryl methyl sites for hydroxylation is 3. The summed E-state index contributed by atoms with van der Waals surface area (Å²) in [6.07, 6.45) is 2.86. The minimum Gasteiger partial charge on any atom is -0.354 e. The van der Waals surface area contributed by atoms with Crippen LogP contribution in [0.3, 0.4) is 0 Å². The van der Waals surface area contributed by atoms with Gasteiger partial charge in [-0.3, -0.25) is 14.6 Å². The molecule has 0 saturated heterocycles. The molecule has 0 bridgehead atoms. The largest absolute Gasteiger partial charge is 0.354 e. The van der Waals surface area contributed by atoms with Gasteiger partial charge < -0.3 is 4.57 Å². The van der Waals surface area contributed by atoms with E-state index in [0.717, 1.165) is 17.3 Å². The summed E-state index contributed by atoms with van der Waals surface area (Å²) in [5, 5.41) is 3.89. The zero-order chi connectivity index (χ0) is 12.5. The molecule has 18 heavy (non-hydrogen) atoms. The van der Waals surface area contributed by atoms with Crippen molar-refractivity contribution < 1.29 is 0 Å². The van der Waals surface area contributed by atoms with Gasteiger partial charge in [0.2, 0.25) is 0 Å². The van der Waals surface area contributed by atoms with Crippen molar-refractivity contribution in [1.82, 2.24) is 14.3 Å². The minimum atomic E-state index is 0.0554. The fourth-order valence-electron chi connectivity index (χ4n) is 2.25. The number of rotatable bonds is 3. The molecular weight excluding hydrogens is 226 g/mol. The number of H-pyrrole nitrogens is 1. The van der Waals surface area contributed by atoms with E-state index in [1.807, 2.05) is 43.6 Å². The van der Waals surface area contributed by atoms with Crippen molar-refractivity contribution in [1.29, 1.82) is 0 Å². The van der Waals surface area contributed by atoms with E-state index >= 15 is 0 Å². The Bertz CT molecular complexity index is 733. The van der Waals surface area contributed by atoms with Crippen LogP contribution in [0.5, 0.6) is 0 Å². The monoisotopic (exact) mass is 241 g/mol. The molecule has 0 saturated carbocycles. The number of para-hydroxylation sites is 1. The maximum Gasteiger partial charge on any atom is 0.274 e. The van der Waals surface area contributed by atoms with E-state index in [1.54, 1.807) is 4.68 Å². The highest BCUT2D eigenvalue weighted by Crippen LogP contribution is 2.07. The topological polar surface area (TPSA) is 42.7 Å². The standard InChI is InChI=1S/C14H15N3O/c1-16-9-4-5-11(16)8-10-17-14(18)12-6-2-3-7-13(12)15-17/h2-7,9,15H,8,10H2,1H3. The van der Waals surface area contributed by atoms with Gasteiger partial charge in [0.15, 0.2) is 0 Å². The Hall–Kier alpha value is -2.23. The van der Waals surface area contributed by atoms with Gasteiger partial charge in [0.25, 0.3) is 5.56 Å². The molecule has 0 atom stereocenters. The fraction of sp³-hybridized carbons (Fsp3) is 0.214. The molecule has 1 aromatic carbocycles. The van der Waals surface area contributed by atoms with E-state index in [-0.39, 0.29) is 5.56 Å². The number of nitrogens with zero attached hydrogens (tertiary/aromatic N) is 2. The molecule has 0 spiro atoms. The first-order valence-electron chi connectivity index (χ1n) is 6.03. The van der Waals surface area contributed by atoms with E-state index in [1.165, 1.54) is 5.69 Å². The van der Waals surface area contributed by atoms with Crippen LogP contribution in [-0.2, 0) is 20.0 Å². The number of fused-ring (bicyclic) bond motifs is 1. The van der Waals surface area contributed by atoms with Gasteiger partial charge in [0, 0.05) is 31.9 Å². The summed E-state index contributed by atoms with van der Waals surface area (Å²) in [4.78, 5) is 12.1. The Morgan fingerprint density at radius 3 is 2.72 bits per heavy atom. The van der Waals surface area contributed by atoms with Gasteiger partial charge >= 0.3 is 0 Å². The third kappa shape index (κ3) is 1.76. The SMILES string of the molecule is Cn1cccc1CCn1[nH]c2ccccc2c1=O. The summed E-state index contributed by atoms with van der Waals surface area (Å²) < 4.78 is 3.76. The van der Waals surface area contributed by atoms with Crippen LogP contribution < -0.4 is 5.56 Å². The Balaban J connectivity index is 1.89. The first-order valence-corrected chi connectivity index (χ1v) is 6.03. The summed E-state index contributed by atoms with van der Waals surface area (Å²) in [5.41, 5.74) is 2.18. The van der Waals surface area contributed by atoms with Gasteiger partial charge in [0.05, 0.1) is 10.9 Å². The van der Waals surface area contributed by atoms with Crippen LogP contribution in [0.25, 0.3) is 10.9 Å². The van der Waals surface area contributed by atoms with Gasteiger partial charge in [-0.2, -0.15) is 0 Å². The van der Waals surface area contributed by atoms with Crippen molar-refractivity contribution in [3.05, 3.63) is 58.6 Å². The second-order valence-corrected chi connectivity index (χ2v) is 4.47. The molecule has 0 amide bonds. The molecule has 0 aliphatic rings. The van der Waals surface area contributed by atoms with E-state index < -0.39 is 0 Å². The average molecular weight is 241 g/mol. The van der Waals surface area contributed by atoms with Gasteiger partial charge in [-0.05, 0) is 24.3 Å². The van der Waals surface area contributed by atoms with Crippen molar-refractivity contribution in [3.63, 3.8) is 0 Å². The number of aromatic amines is 1. The zero-order valence-electron chi connectivity index (χ0n) is 10.3. The predicted octanol–water partition coefficient (Wildman–Crippen LogP) is 1.91. The molecule has 3 aromatic rings. The van der Waals surface area contributed by atoms with Crippen LogP contribution in [-0.4, -0.2) is 14.3 Å². The van der Waals surface area contributed by atoms with Crippen molar-refractivity contribution in [2.45, 2.75) is 13.0 Å². The quantitative estimate of drug-likeness (QED) is 0.748. The van der Waals surface area contributed by atoms with Crippen molar-refractivity contribution in [2.24, 2.45) is 7.05 Å². The van der Waals surface area contributed by atoms with Crippen LogP contribution in [0.2, 0.25) is 0 Å². The second-order valence-electron chi connectivity index (χ2n) is 4.47. The predicted molar refractivity (Wildman–Crippen MR) is 71.7 cm³/mol. The lowest BCUT2D eigenvalue weighted by Gasteiger charge is -2.03. The van der Waals surface area contributed by atoms with E-state index in [9.17, 15) is 4.79 Å². The maximum atomic E-state index is 12.1. The summed E-state index contributed by atoms with van der Waals surface area (Å²) in [6.45, 7) is 0.672. The number of benzene rings is 1. The first kappa shape index (κ1) is 10.9. The summed E-state index contributed by atoms with van der Waals surface area (Å²) in [6, 6.07) is 11.7. The smallest absolute Gasteiger partial charge is 0.274 e. The van der Waals surface area contributed by atoms with Crippen molar-refractivity contribution in [3.8, 4) is 0 Å². The molecule has 0 fully saturated rings. The number of aromatic nitrogens is 3. The molecule has 2 heterocycles. The highest BCUT2D eigenvalue weighted by Gasteiger charge is 2.06. The molecule has 4 nitrogen and oxygen atoms in total. The van der Waals surface area contributed by atoms with Gasteiger partial charge in [0.1, 0.15) is 0 Å². The van der Waals surface area contributed by atoms with Crippen LogP contribution in [0.1, 0.15) is 5.69 Å². The Kier molecular flexibility index (Phi) is 2.55. The van der Waals surface area contributed by atoms with E-state index in [4.69, 9.17) is 0 Å². The molecule has 0 radical (unpaired) electrons. The zero-order valence-corrected chi connectivity index (χ0v) is 10.3. The molecule has 1 N–H and O–H groups in total. The van der Waals surface area contributed by atoms with Crippen LogP contribution in [0.4, 0.5) is 0 Å². The summed E-state index contributed by atoms with van der Waals surface area (Å²) in [7, 11) is 2.02. The van der Waals surface area contributed by atoms with Gasteiger partial charge in [-0.25, -0.2) is 0 Å². The van der Waals surface area contributed by atoms with Gasteiger partial charge in [-0.15, -0.1) is 0 Å². The van der Waals surface area contributed by atoms with Crippen LogP contribution in [0.15, 0.2) is 47.4 Å². The van der Waals surface area contributed by atoms with E-state index in [2.05, 4.69) is 15.7 Å². The van der Waals surface area contributed by atoms with Gasteiger partial charge in [-0.1, -0.05) is 12.1 Å². The Morgan fingerprint density at radius 1 is 1.17 bits per heavy atom. The third-order valence-corrected chi connectivity index (χ3v) is 3.30. The number of nitrogens with one attached hydrogen (secondary N) is 1. The molecule has 0 aliphatic carbocycles. The average Bonchev–Trinajstić information content (AvgIpc) is 2.92. The molecule has 3 rings (SSSR count).